The molecule has 4 heterocycles. The lowest BCUT2D eigenvalue weighted by Crippen LogP contribution is -2.54. The van der Waals surface area contributed by atoms with Crippen LogP contribution in [0.4, 0.5) is 17.1 Å². The van der Waals surface area contributed by atoms with Crippen LogP contribution in [0.3, 0.4) is 0 Å². The number of anilines is 2. The Balaban J connectivity index is 1.54. The average molecular weight is 481 g/mol. The van der Waals surface area contributed by atoms with Crippen molar-refractivity contribution in [2.45, 2.75) is 38.3 Å². The minimum atomic E-state index is -1.29. The second-order valence-corrected chi connectivity index (χ2v) is 9.87. The molecular formula is C24H21ClN4O5. The number of nitro benzene ring substituents is 1. The Morgan fingerprint density at radius 1 is 1.15 bits per heavy atom. The van der Waals surface area contributed by atoms with Crippen molar-refractivity contribution in [1.29, 1.82) is 0 Å². The van der Waals surface area contributed by atoms with E-state index in [1.807, 2.05) is 11.8 Å². The van der Waals surface area contributed by atoms with Gasteiger partial charge in [-0.3, -0.25) is 29.4 Å². The van der Waals surface area contributed by atoms with Crippen LogP contribution in [0.2, 0.25) is 5.02 Å². The van der Waals surface area contributed by atoms with E-state index in [9.17, 15) is 24.5 Å². The lowest BCUT2D eigenvalue weighted by atomic mass is 9.75. The van der Waals surface area contributed by atoms with Crippen LogP contribution in [-0.4, -0.2) is 40.1 Å². The van der Waals surface area contributed by atoms with Crippen molar-refractivity contribution in [3.05, 3.63) is 62.2 Å². The van der Waals surface area contributed by atoms with E-state index >= 15 is 0 Å². The molecule has 4 aliphatic rings. The number of nitro groups is 1. The molecule has 10 heteroatoms. The summed E-state index contributed by atoms with van der Waals surface area (Å²) >= 11 is 6.32. The standard InChI is InChI=1S/C24H21ClN4O5/c1-11-10-13(29(33)34)5-8-16(11)28-21(30)18-17-4-3-9-27(17)24(19(18)22(28)31)14-6-7-15(25)12(2)20(14)26-23(24)32/h5-8,10,17-19H,3-4,9H2,1-2H3,(H,26,32)/t17-,18+,19-,24-/m0/s1. The number of nitrogens with one attached hydrogen (secondary N) is 1. The normalized spacial score (nSPS) is 29.6. The Kier molecular flexibility index (Phi) is 4.29. The van der Waals surface area contributed by atoms with E-state index in [0.717, 1.165) is 16.9 Å². The maximum absolute atomic E-state index is 14.0. The van der Waals surface area contributed by atoms with Gasteiger partial charge in [0.05, 0.1) is 28.1 Å². The number of nitrogens with zero attached hydrogens (tertiary/aromatic N) is 3. The number of carbonyl (C=O) groups excluding carboxylic acids is 3. The van der Waals surface area contributed by atoms with Gasteiger partial charge in [-0.2, -0.15) is 0 Å². The number of carbonyl (C=O) groups is 3. The predicted molar refractivity (Wildman–Crippen MR) is 124 cm³/mol. The van der Waals surface area contributed by atoms with Gasteiger partial charge in [-0.1, -0.05) is 17.7 Å². The topological polar surface area (TPSA) is 113 Å². The molecular weight excluding hydrogens is 460 g/mol. The first-order chi connectivity index (χ1) is 16.2. The van der Waals surface area contributed by atoms with E-state index < -0.39 is 28.2 Å². The molecule has 0 unspecified atom stereocenters. The number of aryl methyl sites for hydroxylation is 1. The number of hydrogen-bond donors (Lipinski definition) is 1. The van der Waals surface area contributed by atoms with Crippen LogP contribution in [0, 0.1) is 35.8 Å². The maximum atomic E-state index is 14.0. The first-order valence-electron chi connectivity index (χ1n) is 11.2. The molecule has 174 valence electrons. The number of halogens is 1. The molecule has 9 nitrogen and oxygen atoms in total. The smallest absolute Gasteiger partial charge is 0.269 e. The van der Waals surface area contributed by atoms with Crippen molar-refractivity contribution in [1.82, 2.24) is 4.90 Å². The number of fused-ring (bicyclic) bond motifs is 7. The van der Waals surface area contributed by atoms with E-state index in [2.05, 4.69) is 5.32 Å². The molecule has 2 aromatic carbocycles. The highest BCUT2D eigenvalue weighted by molar-refractivity contribution is 6.32. The molecule has 3 fully saturated rings. The fourth-order valence-electron chi connectivity index (χ4n) is 6.63. The van der Waals surface area contributed by atoms with E-state index in [4.69, 9.17) is 11.6 Å². The van der Waals surface area contributed by atoms with Crippen LogP contribution in [0.25, 0.3) is 0 Å². The zero-order valence-electron chi connectivity index (χ0n) is 18.5. The lowest BCUT2D eigenvalue weighted by Gasteiger charge is -2.36. The van der Waals surface area contributed by atoms with Gasteiger partial charge in [0.2, 0.25) is 17.7 Å². The van der Waals surface area contributed by atoms with Crippen LogP contribution in [0.5, 0.6) is 0 Å². The van der Waals surface area contributed by atoms with Crippen molar-refractivity contribution in [2.24, 2.45) is 11.8 Å². The number of hydrogen-bond acceptors (Lipinski definition) is 6. The molecule has 1 spiro atoms. The number of amides is 3. The predicted octanol–water partition coefficient (Wildman–Crippen LogP) is 3.30. The highest BCUT2D eigenvalue weighted by atomic mass is 35.5. The number of rotatable bonds is 2. The summed E-state index contributed by atoms with van der Waals surface area (Å²) in [6.07, 6.45) is 1.53. The van der Waals surface area contributed by atoms with Crippen LogP contribution >= 0.6 is 11.6 Å². The minimum Gasteiger partial charge on any atom is -0.324 e. The van der Waals surface area contributed by atoms with Gasteiger partial charge in [-0.15, -0.1) is 0 Å². The third kappa shape index (κ3) is 2.35. The highest BCUT2D eigenvalue weighted by Crippen LogP contribution is 2.61. The molecule has 0 aliphatic carbocycles. The summed E-state index contributed by atoms with van der Waals surface area (Å²) in [5.74, 6) is -2.67. The summed E-state index contributed by atoms with van der Waals surface area (Å²) in [4.78, 5) is 55.4. The van der Waals surface area contributed by atoms with Gasteiger partial charge in [0.15, 0.2) is 0 Å². The lowest BCUT2D eigenvalue weighted by molar-refractivity contribution is -0.384. The number of non-ortho nitro benzene ring substituents is 1. The summed E-state index contributed by atoms with van der Waals surface area (Å²) < 4.78 is 0. The van der Waals surface area contributed by atoms with E-state index in [-0.39, 0.29) is 23.5 Å². The summed E-state index contributed by atoms with van der Waals surface area (Å²) in [5.41, 5.74) is 1.38. The molecule has 34 heavy (non-hydrogen) atoms. The molecule has 0 aromatic heterocycles. The number of imide groups is 1. The van der Waals surface area contributed by atoms with Crippen LogP contribution in [0.1, 0.15) is 29.5 Å². The highest BCUT2D eigenvalue weighted by Gasteiger charge is 2.74. The van der Waals surface area contributed by atoms with E-state index in [1.165, 1.54) is 18.2 Å². The molecule has 0 radical (unpaired) electrons. The van der Waals surface area contributed by atoms with E-state index in [0.29, 0.717) is 40.5 Å². The third-order valence-corrected chi connectivity index (χ3v) is 8.40. The van der Waals surface area contributed by atoms with Gasteiger partial charge in [-0.05, 0) is 56.5 Å². The molecule has 3 amide bonds. The summed E-state index contributed by atoms with van der Waals surface area (Å²) in [5, 5.41) is 14.7. The van der Waals surface area contributed by atoms with Crippen molar-refractivity contribution in [3.8, 4) is 0 Å². The fraction of sp³-hybridized carbons (Fsp3) is 0.375. The molecule has 0 bridgehead atoms. The molecule has 4 atom stereocenters. The van der Waals surface area contributed by atoms with Crippen molar-refractivity contribution in [3.63, 3.8) is 0 Å². The van der Waals surface area contributed by atoms with Crippen LogP contribution in [-0.2, 0) is 19.9 Å². The second-order valence-electron chi connectivity index (χ2n) is 9.46. The Labute approximate surface area is 199 Å². The van der Waals surface area contributed by atoms with Crippen LogP contribution < -0.4 is 10.2 Å². The van der Waals surface area contributed by atoms with Gasteiger partial charge in [0.25, 0.3) is 5.69 Å². The molecule has 6 rings (SSSR count). The van der Waals surface area contributed by atoms with E-state index in [1.54, 1.807) is 19.1 Å². The summed E-state index contributed by atoms with van der Waals surface area (Å²) in [6, 6.07) is 7.36. The molecule has 4 aliphatic heterocycles. The Morgan fingerprint density at radius 3 is 2.62 bits per heavy atom. The zero-order valence-corrected chi connectivity index (χ0v) is 19.3. The van der Waals surface area contributed by atoms with Crippen molar-refractivity contribution < 1.29 is 19.3 Å². The van der Waals surface area contributed by atoms with Crippen molar-refractivity contribution >= 4 is 46.4 Å². The SMILES string of the molecule is Cc1cc([N+](=O)[O-])ccc1N1C(=O)[C@H]2[C@@H](C1=O)[C@@]1(C(=O)Nc3c1ccc(Cl)c3C)N1CCC[C@@H]21. The molecule has 1 N–H and O–H groups in total. The zero-order chi connectivity index (χ0) is 24.1. The minimum absolute atomic E-state index is 0.115. The first-order valence-corrected chi connectivity index (χ1v) is 11.6. The van der Waals surface area contributed by atoms with Gasteiger partial charge in [0, 0.05) is 28.8 Å². The second kappa shape index (κ2) is 6.86. The maximum Gasteiger partial charge on any atom is 0.269 e. The fourth-order valence-corrected chi connectivity index (χ4v) is 6.79. The van der Waals surface area contributed by atoms with Gasteiger partial charge in [0.1, 0.15) is 5.54 Å². The summed E-state index contributed by atoms with van der Waals surface area (Å²) in [6.45, 7) is 4.07. The van der Waals surface area contributed by atoms with Gasteiger partial charge in [-0.25, -0.2) is 4.90 Å². The molecule has 0 saturated carbocycles. The van der Waals surface area contributed by atoms with Crippen molar-refractivity contribution in [2.75, 3.05) is 16.8 Å². The Hall–Kier alpha value is -3.30. The van der Waals surface area contributed by atoms with Gasteiger partial charge < -0.3 is 5.32 Å². The Bertz CT molecular complexity index is 1340. The first kappa shape index (κ1) is 21.2. The summed E-state index contributed by atoms with van der Waals surface area (Å²) in [7, 11) is 0. The van der Waals surface area contributed by atoms with Crippen LogP contribution in [0.15, 0.2) is 30.3 Å². The quantitative estimate of drug-likeness (QED) is 0.401. The number of benzene rings is 2. The molecule has 2 aromatic rings. The monoisotopic (exact) mass is 480 g/mol. The van der Waals surface area contributed by atoms with Gasteiger partial charge >= 0.3 is 0 Å². The third-order valence-electron chi connectivity index (χ3n) is 7.99. The largest absolute Gasteiger partial charge is 0.324 e. The Morgan fingerprint density at radius 2 is 1.91 bits per heavy atom. The average Bonchev–Trinajstić information content (AvgIpc) is 3.50. The molecule has 3 saturated heterocycles.